The Morgan fingerprint density at radius 1 is 1.35 bits per heavy atom. The molecule has 1 rings (SSSR count). The number of carboxylic acid groups (broad SMARTS) is 1. The first-order valence-electron chi connectivity index (χ1n) is 6.65. The van der Waals surface area contributed by atoms with Crippen LogP contribution >= 0.6 is 11.3 Å². The van der Waals surface area contributed by atoms with E-state index in [1.165, 1.54) is 0 Å². The maximum absolute atomic E-state index is 12.3. The van der Waals surface area contributed by atoms with E-state index in [0.29, 0.717) is 6.54 Å². The van der Waals surface area contributed by atoms with Crippen LogP contribution in [0.2, 0.25) is 0 Å². The van der Waals surface area contributed by atoms with Gasteiger partial charge in [0.05, 0.1) is 6.54 Å². The fourth-order valence-electron chi connectivity index (χ4n) is 1.79. The van der Waals surface area contributed by atoms with E-state index in [9.17, 15) is 9.59 Å². The molecule has 1 aromatic rings. The summed E-state index contributed by atoms with van der Waals surface area (Å²) in [6.07, 6.45) is 0. The predicted octanol–water partition coefficient (Wildman–Crippen LogP) is 2.78. The molecule has 6 heteroatoms. The van der Waals surface area contributed by atoms with Crippen molar-refractivity contribution in [1.29, 1.82) is 0 Å². The predicted molar refractivity (Wildman–Crippen MR) is 79.8 cm³/mol. The van der Waals surface area contributed by atoms with Crippen LogP contribution in [-0.4, -0.2) is 34.1 Å². The molecule has 0 unspecified atom stereocenters. The Morgan fingerprint density at radius 3 is 2.40 bits per heavy atom. The Labute approximate surface area is 123 Å². The summed E-state index contributed by atoms with van der Waals surface area (Å²) < 4.78 is 0. The van der Waals surface area contributed by atoms with E-state index in [-0.39, 0.29) is 18.0 Å². The normalized spacial score (nSPS) is 12.5. The topological polar surface area (TPSA) is 69.6 Å². The van der Waals surface area contributed by atoms with Crippen LogP contribution in [0.25, 0.3) is 0 Å². The zero-order valence-electron chi connectivity index (χ0n) is 12.3. The molecular weight excluding hydrogens is 276 g/mol. The molecule has 2 N–H and O–H groups in total. The van der Waals surface area contributed by atoms with E-state index < -0.39 is 12.0 Å². The molecular formula is C14H22N2O3S. The molecule has 0 bridgehead atoms. The van der Waals surface area contributed by atoms with Crippen molar-refractivity contribution in [3.8, 4) is 0 Å². The first-order chi connectivity index (χ1) is 9.32. The van der Waals surface area contributed by atoms with Gasteiger partial charge >= 0.3 is 12.0 Å². The second kappa shape index (κ2) is 7.28. The minimum Gasteiger partial charge on any atom is -0.480 e. The summed E-state index contributed by atoms with van der Waals surface area (Å²) in [4.78, 5) is 26.2. The third kappa shape index (κ3) is 4.52. The molecule has 0 saturated carbocycles. The first kappa shape index (κ1) is 16.5. The Morgan fingerprint density at radius 2 is 2.00 bits per heavy atom. The quantitative estimate of drug-likeness (QED) is 0.848. The second-order valence-electron chi connectivity index (χ2n) is 5.31. The van der Waals surface area contributed by atoms with Gasteiger partial charge in [-0.2, -0.15) is 0 Å². The summed E-state index contributed by atoms with van der Waals surface area (Å²) in [5.41, 5.74) is 0. The van der Waals surface area contributed by atoms with E-state index in [2.05, 4.69) is 5.32 Å². The van der Waals surface area contributed by atoms with Crippen LogP contribution in [0.3, 0.4) is 0 Å². The first-order valence-corrected chi connectivity index (χ1v) is 7.53. The van der Waals surface area contributed by atoms with Gasteiger partial charge in [-0.1, -0.05) is 19.9 Å². The van der Waals surface area contributed by atoms with Crippen LogP contribution in [0.1, 0.15) is 32.6 Å². The van der Waals surface area contributed by atoms with Gasteiger partial charge in [0.15, 0.2) is 0 Å². The molecule has 1 aromatic heterocycles. The number of amides is 2. The van der Waals surface area contributed by atoms with Gasteiger partial charge in [0.1, 0.15) is 6.04 Å². The Kier molecular flexibility index (Phi) is 6.01. The van der Waals surface area contributed by atoms with Gasteiger partial charge in [-0.25, -0.2) is 9.59 Å². The number of carboxylic acids is 1. The van der Waals surface area contributed by atoms with Gasteiger partial charge in [0.2, 0.25) is 0 Å². The number of thiophene rings is 1. The van der Waals surface area contributed by atoms with Crippen molar-refractivity contribution < 1.29 is 14.7 Å². The van der Waals surface area contributed by atoms with Crippen LogP contribution in [0.5, 0.6) is 0 Å². The van der Waals surface area contributed by atoms with Crippen molar-refractivity contribution in [2.45, 2.75) is 46.3 Å². The van der Waals surface area contributed by atoms with Crippen LogP contribution in [0.4, 0.5) is 4.79 Å². The molecule has 5 nitrogen and oxygen atoms in total. The zero-order valence-corrected chi connectivity index (χ0v) is 13.1. The van der Waals surface area contributed by atoms with Crippen molar-refractivity contribution in [3.63, 3.8) is 0 Å². The Balaban J connectivity index is 2.76. The van der Waals surface area contributed by atoms with Gasteiger partial charge in [-0.3, -0.25) is 0 Å². The summed E-state index contributed by atoms with van der Waals surface area (Å²) in [6, 6.07) is 2.69. The van der Waals surface area contributed by atoms with E-state index in [1.54, 1.807) is 30.1 Å². The summed E-state index contributed by atoms with van der Waals surface area (Å²) >= 11 is 1.58. The molecule has 20 heavy (non-hydrogen) atoms. The lowest BCUT2D eigenvalue weighted by atomic mass is 10.1. The number of nitrogens with one attached hydrogen (secondary N) is 1. The maximum Gasteiger partial charge on any atom is 0.326 e. The minimum absolute atomic E-state index is 0.00120. The highest BCUT2D eigenvalue weighted by Gasteiger charge is 2.27. The smallest absolute Gasteiger partial charge is 0.326 e. The van der Waals surface area contributed by atoms with Crippen molar-refractivity contribution in [1.82, 2.24) is 10.2 Å². The number of carbonyl (C=O) groups is 2. The van der Waals surface area contributed by atoms with Gasteiger partial charge in [0.25, 0.3) is 0 Å². The number of nitrogens with zero attached hydrogens (tertiary/aromatic N) is 1. The lowest BCUT2D eigenvalue weighted by molar-refractivity contribution is -0.140. The molecule has 112 valence electrons. The molecule has 0 aliphatic carbocycles. The third-order valence-electron chi connectivity index (χ3n) is 3.00. The molecule has 1 atom stereocenters. The molecule has 0 aliphatic heterocycles. The molecule has 0 radical (unpaired) electrons. The summed E-state index contributed by atoms with van der Waals surface area (Å²) in [5.74, 6) is -1.17. The average molecular weight is 298 g/mol. The van der Waals surface area contributed by atoms with E-state index in [0.717, 1.165) is 4.88 Å². The molecule has 1 heterocycles. The second-order valence-corrected chi connectivity index (χ2v) is 6.34. The molecule has 0 aliphatic rings. The van der Waals surface area contributed by atoms with Crippen LogP contribution in [-0.2, 0) is 11.3 Å². The number of aliphatic carboxylic acids is 1. The third-order valence-corrected chi connectivity index (χ3v) is 3.86. The maximum atomic E-state index is 12.3. The fourth-order valence-corrected chi connectivity index (χ4v) is 2.49. The molecule has 0 saturated heterocycles. The number of carbonyl (C=O) groups excluding carboxylic acids is 1. The average Bonchev–Trinajstić information content (AvgIpc) is 2.84. The van der Waals surface area contributed by atoms with Crippen molar-refractivity contribution in [2.24, 2.45) is 5.92 Å². The molecule has 0 aromatic carbocycles. The monoisotopic (exact) mass is 298 g/mol. The zero-order chi connectivity index (χ0) is 15.3. The van der Waals surface area contributed by atoms with Gasteiger partial charge in [-0.15, -0.1) is 11.3 Å². The van der Waals surface area contributed by atoms with Crippen LogP contribution < -0.4 is 5.32 Å². The summed E-state index contributed by atoms with van der Waals surface area (Å²) in [6.45, 7) is 7.87. The van der Waals surface area contributed by atoms with Crippen molar-refractivity contribution in [2.75, 3.05) is 0 Å². The number of rotatable bonds is 6. The summed E-state index contributed by atoms with van der Waals surface area (Å²) in [7, 11) is 0. The number of hydrogen-bond donors (Lipinski definition) is 2. The van der Waals surface area contributed by atoms with E-state index in [4.69, 9.17) is 5.11 Å². The highest BCUT2D eigenvalue weighted by Crippen LogP contribution is 2.14. The Bertz CT molecular complexity index is 443. The molecule has 0 spiro atoms. The van der Waals surface area contributed by atoms with Crippen molar-refractivity contribution in [3.05, 3.63) is 22.4 Å². The summed E-state index contributed by atoms with van der Waals surface area (Å²) in [5, 5.41) is 13.7. The Hall–Kier alpha value is -1.56. The van der Waals surface area contributed by atoms with Gasteiger partial charge in [-0.05, 0) is 31.2 Å². The van der Waals surface area contributed by atoms with Gasteiger partial charge in [0, 0.05) is 10.9 Å². The lowest BCUT2D eigenvalue weighted by Crippen LogP contribution is -2.51. The van der Waals surface area contributed by atoms with E-state index >= 15 is 0 Å². The molecule has 0 fully saturated rings. The largest absolute Gasteiger partial charge is 0.480 e. The number of hydrogen-bond acceptors (Lipinski definition) is 3. The SMILES string of the molecule is CC(C)[C@@H](NC(=O)N(Cc1cccs1)C(C)C)C(=O)O. The highest BCUT2D eigenvalue weighted by molar-refractivity contribution is 7.09. The molecule has 2 amide bonds. The van der Waals surface area contributed by atoms with E-state index in [1.807, 2.05) is 31.4 Å². The number of urea groups is 1. The van der Waals surface area contributed by atoms with Crippen LogP contribution in [0, 0.1) is 5.92 Å². The lowest BCUT2D eigenvalue weighted by Gasteiger charge is -2.29. The standard InChI is InChI=1S/C14H22N2O3S/c1-9(2)12(13(17)18)15-14(19)16(10(3)4)8-11-6-5-7-20-11/h5-7,9-10,12H,8H2,1-4H3,(H,15,19)(H,17,18)/t12-/m1/s1. The van der Waals surface area contributed by atoms with Crippen molar-refractivity contribution >= 4 is 23.3 Å². The fraction of sp³-hybridized carbons (Fsp3) is 0.571. The minimum atomic E-state index is -1.01. The van der Waals surface area contributed by atoms with Gasteiger partial charge < -0.3 is 15.3 Å². The van der Waals surface area contributed by atoms with Crippen LogP contribution in [0.15, 0.2) is 17.5 Å². The highest BCUT2D eigenvalue weighted by atomic mass is 32.1.